The fraction of sp³-hybridized carbons (Fsp3) is 0.857. The molecule has 26 heavy (non-hydrogen) atoms. The van der Waals surface area contributed by atoms with Crippen molar-refractivity contribution in [2.75, 3.05) is 39.5 Å². The van der Waals surface area contributed by atoms with Crippen LogP contribution < -0.4 is 0 Å². The van der Waals surface area contributed by atoms with Gasteiger partial charge in [0.25, 0.3) is 0 Å². The van der Waals surface area contributed by atoms with Crippen LogP contribution in [0.15, 0.2) is 12.2 Å². The van der Waals surface area contributed by atoms with Crippen LogP contribution in [0, 0.1) is 5.41 Å². The first kappa shape index (κ1) is 18.3. The van der Waals surface area contributed by atoms with Crippen LogP contribution in [0.1, 0.15) is 58.3 Å². The topological polar surface area (TPSA) is 42.0 Å². The lowest BCUT2D eigenvalue weighted by molar-refractivity contribution is -0.0217. The van der Waals surface area contributed by atoms with Crippen LogP contribution in [0.25, 0.3) is 0 Å². The quantitative estimate of drug-likeness (QED) is 0.720. The highest BCUT2D eigenvalue weighted by molar-refractivity contribution is 5.67. The standard InChI is InChI=1S/C21H34N2O3/c1-3-21-5-4-18(23(21)15-17(2)14-21)16-26-19(24)22-10-6-20(7-11-22)8-12-25-13-9-20/h18H,2-16H2,1H3. The summed E-state index contributed by atoms with van der Waals surface area (Å²) in [6.45, 7) is 11.4. The van der Waals surface area contributed by atoms with Crippen LogP contribution >= 0.6 is 0 Å². The molecule has 0 bridgehead atoms. The van der Waals surface area contributed by atoms with Crippen LogP contribution in [0.4, 0.5) is 4.79 Å². The Labute approximate surface area is 157 Å². The molecule has 4 aliphatic heterocycles. The zero-order chi connectivity index (χ0) is 18.2. The maximum absolute atomic E-state index is 12.6. The van der Waals surface area contributed by atoms with E-state index in [9.17, 15) is 4.79 Å². The monoisotopic (exact) mass is 362 g/mol. The number of ether oxygens (including phenoxy) is 2. The number of amides is 1. The van der Waals surface area contributed by atoms with E-state index in [1.807, 2.05) is 4.90 Å². The fourth-order valence-electron chi connectivity index (χ4n) is 5.78. The molecule has 1 amide bonds. The summed E-state index contributed by atoms with van der Waals surface area (Å²) >= 11 is 0. The zero-order valence-corrected chi connectivity index (χ0v) is 16.3. The lowest BCUT2D eigenvalue weighted by Crippen LogP contribution is -2.47. The summed E-state index contributed by atoms with van der Waals surface area (Å²) in [6.07, 6.45) is 9.00. The molecule has 4 saturated heterocycles. The van der Waals surface area contributed by atoms with Crippen molar-refractivity contribution in [3.05, 3.63) is 12.2 Å². The minimum atomic E-state index is -0.112. The highest BCUT2D eigenvalue weighted by Gasteiger charge is 2.49. The van der Waals surface area contributed by atoms with Crippen LogP contribution in [0.2, 0.25) is 0 Å². The normalized spacial score (nSPS) is 34.3. The average Bonchev–Trinajstić information content (AvgIpc) is 3.16. The second-order valence-corrected chi connectivity index (χ2v) is 9.00. The molecule has 0 aliphatic carbocycles. The smallest absolute Gasteiger partial charge is 0.409 e. The molecule has 4 rings (SSSR count). The van der Waals surface area contributed by atoms with Crippen molar-refractivity contribution in [2.24, 2.45) is 5.41 Å². The third-order valence-corrected chi connectivity index (χ3v) is 7.66. The van der Waals surface area contributed by atoms with Crippen LogP contribution in [0.5, 0.6) is 0 Å². The molecule has 2 unspecified atom stereocenters. The predicted octanol–water partition coefficient (Wildman–Crippen LogP) is 3.59. The highest BCUT2D eigenvalue weighted by atomic mass is 16.6. The Morgan fingerprint density at radius 2 is 1.96 bits per heavy atom. The average molecular weight is 363 g/mol. The van der Waals surface area contributed by atoms with E-state index in [4.69, 9.17) is 9.47 Å². The van der Waals surface area contributed by atoms with Crippen LogP contribution in [-0.2, 0) is 9.47 Å². The Bertz CT molecular complexity index is 547. The summed E-state index contributed by atoms with van der Waals surface area (Å²) < 4.78 is 11.3. The van der Waals surface area contributed by atoms with E-state index in [-0.39, 0.29) is 11.6 Å². The Morgan fingerprint density at radius 3 is 2.65 bits per heavy atom. The molecule has 1 spiro atoms. The first-order valence-corrected chi connectivity index (χ1v) is 10.5. The van der Waals surface area contributed by atoms with E-state index in [1.54, 1.807) is 0 Å². The Morgan fingerprint density at radius 1 is 1.23 bits per heavy atom. The number of carbonyl (C=O) groups excluding carboxylic acids is 1. The van der Waals surface area contributed by atoms with Crippen molar-refractivity contribution >= 4 is 6.09 Å². The maximum atomic E-state index is 12.6. The lowest BCUT2D eigenvalue weighted by atomic mass is 9.72. The number of fused-ring (bicyclic) bond motifs is 1. The van der Waals surface area contributed by atoms with E-state index in [0.29, 0.717) is 18.1 Å². The fourth-order valence-corrected chi connectivity index (χ4v) is 5.78. The molecule has 5 heteroatoms. The summed E-state index contributed by atoms with van der Waals surface area (Å²) in [4.78, 5) is 17.1. The highest BCUT2D eigenvalue weighted by Crippen LogP contribution is 2.46. The van der Waals surface area contributed by atoms with Gasteiger partial charge in [-0.05, 0) is 56.8 Å². The van der Waals surface area contributed by atoms with Gasteiger partial charge in [0.1, 0.15) is 6.61 Å². The van der Waals surface area contributed by atoms with Gasteiger partial charge in [-0.15, -0.1) is 0 Å². The Balaban J connectivity index is 1.26. The molecule has 4 aliphatic rings. The van der Waals surface area contributed by atoms with Crippen molar-refractivity contribution in [1.82, 2.24) is 9.80 Å². The van der Waals surface area contributed by atoms with E-state index in [0.717, 1.165) is 77.8 Å². The van der Waals surface area contributed by atoms with E-state index in [1.165, 1.54) is 12.0 Å². The molecule has 0 aromatic carbocycles. The van der Waals surface area contributed by atoms with Gasteiger partial charge in [0.15, 0.2) is 0 Å². The Kier molecular flexibility index (Phi) is 5.04. The second-order valence-electron chi connectivity index (χ2n) is 9.00. The number of likely N-dealkylation sites (tertiary alicyclic amines) is 1. The molecular weight excluding hydrogens is 328 g/mol. The number of nitrogens with zero attached hydrogens (tertiary/aromatic N) is 2. The number of hydrogen-bond donors (Lipinski definition) is 0. The van der Waals surface area contributed by atoms with Crippen molar-refractivity contribution in [1.29, 1.82) is 0 Å². The maximum Gasteiger partial charge on any atom is 0.409 e. The SMILES string of the molecule is C=C1CN2C(COC(=O)N3CCC4(CCOCC4)CC3)CCC2(CC)C1. The number of hydrogen-bond acceptors (Lipinski definition) is 4. The van der Waals surface area contributed by atoms with Gasteiger partial charge < -0.3 is 14.4 Å². The minimum absolute atomic E-state index is 0.112. The molecule has 0 radical (unpaired) electrons. The summed E-state index contributed by atoms with van der Waals surface area (Å²) in [5, 5.41) is 0. The molecular formula is C21H34N2O3. The second kappa shape index (κ2) is 7.16. The minimum Gasteiger partial charge on any atom is -0.448 e. The number of piperidine rings is 1. The number of rotatable bonds is 3. The number of carbonyl (C=O) groups is 1. The molecule has 5 nitrogen and oxygen atoms in total. The first-order chi connectivity index (χ1) is 12.6. The zero-order valence-electron chi connectivity index (χ0n) is 16.3. The first-order valence-electron chi connectivity index (χ1n) is 10.5. The van der Waals surface area contributed by atoms with Crippen molar-refractivity contribution in [2.45, 2.75) is 69.9 Å². The third kappa shape index (κ3) is 3.29. The van der Waals surface area contributed by atoms with Gasteiger partial charge in [-0.2, -0.15) is 0 Å². The van der Waals surface area contributed by atoms with Gasteiger partial charge >= 0.3 is 6.09 Å². The molecule has 2 atom stereocenters. The molecule has 4 fully saturated rings. The summed E-state index contributed by atoms with van der Waals surface area (Å²) in [6, 6.07) is 0.366. The van der Waals surface area contributed by atoms with Gasteiger partial charge in [-0.3, -0.25) is 4.90 Å². The van der Waals surface area contributed by atoms with Crippen molar-refractivity contribution in [3.8, 4) is 0 Å². The van der Waals surface area contributed by atoms with Gasteiger partial charge in [0, 0.05) is 44.4 Å². The predicted molar refractivity (Wildman–Crippen MR) is 101 cm³/mol. The van der Waals surface area contributed by atoms with Crippen molar-refractivity contribution in [3.63, 3.8) is 0 Å². The molecule has 146 valence electrons. The largest absolute Gasteiger partial charge is 0.448 e. The van der Waals surface area contributed by atoms with Gasteiger partial charge in [0.2, 0.25) is 0 Å². The van der Waals surface area contributed by atoms with Gasteiger partial charge in [0.05, 0.1) is 0 Å². The summed E-state index contributed by atoms with van der Waals surface area (Å²) in [5.41, 5.74) is 2.03. The van der Waals surface area contributed by atoms with Crippen LogP contribution in [-0.4, -0.2) is 66.9 Å². The molecule has 0 aromatic heterocycles. The van der Waals surface area contributed by atoms with E-state index in [2.05, 4.69) is 18.4 Å². The van der Waals surface area contributed by atoms with E-state index >= 15 is 0 Å². The molecule has 0 aromatic rings. The van der Waals surface area contributed by atoms with Gasteiger partial charge in [-0.1, -0.05) is 19.1 Å². The molecule has 0 saturated carbocycles. The summed E-state index contributed by atoms with van der Waals surface area (Å²) in [7, 11) is 0. The molecule has 0 N–H and O–H groups in total. The van der Waals surface area contributed by atoms with Gasteiger partial charge in [-0.25, -0.2) is 4.79 Å². The Hall–Kier alpha value is -1.07. The summed E-state index contributed by atoms with van der Waals surface area (Å²) in [5.74, 6) is 0. The van der Waals surface area contributed by atoms with Crippen molar-refractivity contribution < 1.29 is 14.3 Å². The van der Waals surface area contributed by atoms with E-state index < -0.39 is 0 Å². The third-order valence-electron chi connectivity index (χ3n) is 7.66. The molecule has 4 heterocycles. The van der Waals surface area contributed by atoms with Crippen LogP contribution in [0.3, 0.4) is 0 Å². The lowest BCUT2D eigenvalue weighted by Gasteiger charge is -2.43.